The van der Waals surface area contributed by atoms with Gasteiger partial charge >= 0.3 is 11.8 Å². The highest BCUT2D eigenvalue weighted by atomic mass is 32.1. The molecule has 0 aliphatic carbocycles. The van der Waals surface area contributed by atoms with Crippen molar-refractivity contribution < 1.29 is 9.53 Å². The van der Waals surface area contributed by atoms with Gasteiger partial charge in [-0.15, -0.1) is 0 Å². The highest BCUT2D eigenvalue weighted by molar-refractivity contribution is 7.59. The van der Waals surface area contributed by atoms with Gasteiger partial charge in [0.25, 0.3) is 0 Å². The number of aromatic nitrogens is 2. The Balaban J connectivity index is 0.00000323. The number of nitrogens with zero attached hydrogens (tertiary/aromatic N) is 3. The molecule has 1 amide bonds. The van der Waals surface area contributed by atoms with Crippen LogP contribution >= 0.6 is 13.5 Å². The quantitative estimate of drug-likeness (QED) is 0.295. The number of carbonyl (C=O) groups excluding carboxylic acids is 1. The van der Waals surface area contributed by atoms with Crippen LogP contribution in [0.5, 0.6) is 0 Å². The van der Waals surface area contributed by atoms with Crippen LogP contribution < -0.4 is 5.69 Å². The highest BCUT2D eigenvalue weighted by Gasteiger charge is 2.45. The van der Waals surface area contributed by atoms with Crippen molar-refractivity contribution in [2.24, 2.45) is 0 Å². The molecule has 0 saturated carbocycles. The topological polar surface area (TPSA) is 70.6 Å². The lowest BCUT2D eigenvalue weighted by Gasteiger charge is -2.39. The van der Waals surface area contributed by atoms with Gasteiger partial charge in [0.2, 0.25) is 0 Å². The van der Waals surface area contributed by atoms with Crippen LogP contribution in [-0.2, 0) is 17.8 Å². The molecule has 3 atom stereocenters. The minimum absolute atomic E-state index is 0. The predicted molar refractivity (Wildman–Crippen MR) is 163 cm³/mol. The van der Waals surface area contributed by atoms with Crippen LogP contribution in [0.3, 0.4) is 0 Å². The van der Waals surface area contributed by atoms with Gasteiger partial charge in [-0.1, -0.05) is 72.8 Å². The first-order chi connectivity index (χ1) is 19.1. The van der Waals surface area contributed by atoms with E-state index in [9.17, 15) is 9.59 Å². The van der Waals surface area contributed by atoms with E-state index in [0.717, 1.165) is 49.8 Å². The van der Waals surface area contributed by atoms with Crippen LogP contribution in [0.2, 0.25) is 0 Å². The summed E-state index contributed by atoms with van der Waals surface area (Å²) in [5.74, 6) is 0. The summed E-state index contributed by atoms with van der Waals surface area (Å²) in [6.07, 6.45) is 3.24. The second kappa shape index (κ2) is 12.4. The Bertz CT molecular complexity index is 1420. The Labute approximate surface area is 242 Å². The summed E-state index contributed by atoms with van der Waals surface area (Å²) in [6.45, 7) is 4.03. The van der Waals surface area contributed by atoms with Gasteiger partial charge in [0.1, 0.15) is 6.61 Å². The third-order valence-corrected chi connectivity index (χ3v) is 8.44. The Hall–Kier alpha value is -3.49. The number of H-pyrrole nitrogens is 1. The number of piperidine rings is 1. The molecule has 3 heterocycles. The highest BCUT2D eigenvalue weighted by Crippen LogP contribution is 2.41. The van der Waals surface area contributed by atoms with E-state index >= 15 is 0 Å². The van der Waals surface area contributed by atoms with Gasteiger partial charge < -0.3 is 14.6 Å². The fourth-order valence-corrected chi connectivity index (χ4v) is 6.47. The number of hydrogen-bond acceptors (Lipinski definition) is 4. The molecule has 3 aromatic carbocycles. The van der Waals surface area contributed by atoms with E-state index in [1.54, 1.807) is 0 Å². The normalized spacial score (nSPS) is 20.9. The fourth-order valence-electron chi connectivity index (χ4n) is 6.47. The van der Waals surface area contributed by atoms with E-state index in [4.69, 9.17) is 4.74 Å². The number of hydrogen-bond donors (Lipinski definition) is 1. The Morgan fingerprint density at radius 2 is 1.43 bits per heavy atom. The van der Waals surface area contributed by atoms with Gasteiger partial charge in [-0.05, 0) is 55.9 Å². The Kier molecular flexibility index (Phi) is 8.66. The molecule has 8 heteroatoms. The van der Waals surface area contributed by atoms with Gasteiger partial charge in [-0.3, -0.25) is 9.47 Å². The van der Waals surface area contributed by atoms with Crippen molar-refractivity contribution in [1.29, 1.82) is 0 Å². The lowest BCUT2D eigenvalue weighted by molar-refractivity contribution is 0.0375. The molecule has 2 unspecified atom stereocenters. The number of amides is 1. The van der Waals surface area contributed by atoms with Gasteiger partial charge in [0, 0.05) is 37.3 Å². The maximum absolute atomic E-state index is 13.4. The zero-order valence-corrected chi connectivity index (χ0v) is 23.9. The molecule has 1 N–H and O–H groups in total. The fraction of sp³-hybridized carbons (Fsp3) is 0.375. The predicted octanol–water partition coefficient (Wildman–Crippen LogP) is 5.84. The second-order valence-electron chi connectivity index (χ2n) is 11.0. The molecule has 2 aliphatic heterocycles. The monoisotopic (exact) mass is 558 g/mol. The summed E-state index contributed by atoms with van der Waals surface area (Å²) in [7, 11) is 0. The van der Waals surface area contributed by atoms with Crippen molar-refractivity contribution in [3.05, 3.63) is 107 Å². The summed E-state index contributed by atoms with van der Waals surface area (Å²) in [5.41, 5.74) is 4.20. The largest absolute Gasteiger partial charge is 0.448 e. The van der Waals surface area contributed by atoms with Crippen molar-refractivity contribution in [3.63, 3.8) is 0 Å². The van der Waals surface area contributed by atoms with Crippen LogP contribution in [-0.4, -0.2) is 50.2 Å². The van der Waals surface area contributed by atoms with Crippen LogP contribution in [0.15, 0.2) is 89.7 Å². The molecule has 0 radical (unpaired) electrons. The van der Waals surface area contributed by atoms with Crippen molar-refractivity contribution in [2.45, 2.75) is 69.9 Å². The number of benzene rings is 3. The number of carbonyl (C=O) groups is 1. The van der Waals surface area contributed by atoms with Crippen molar-refractivity contribution in [3.8, 4) is 0 Å². The smallest absolute Gasteiger partial charge is 0.410 e. The van der Waals surface area contributed by atoms with Crippen molar-refractivity contribution in [2.75, 3.05) is 6.61 Å². The first kappa shape index (κ1) is 28.1. The molecular weight excluding hydrogens is 520 g/mol. The third kappa shape index (κ3) is 5.83. The molecule has 2 fully saturated rings. The number of aromatic amines is 1. The van der Waals surface area contributed by atoms with Crippen LogP contribution in [0.25, 0.3) is 11.0 Å². The maximum Gasteiger partial charge on any atom is 0.410 e. The molecule has 1 aromatic heterocycles. The number of fused-ring (bicyclic) bond motifs is 3. The molecule has 2 aliphatic rings. The standard InChI is InChI=1S/C32H36N4O3.H2S/c1-23(34(20-24-10-4-2-5-11-24)21-25-12-6-3-7-13-25)22-39-32(38)35-26-16-17-27(35)19-28(18-26)36-30-15-9-8-14-29(30)33-31(36)37;/h2-15,23,26-28H,16-22H2,1H3,(H,33,37);1H2/t23-,26?,27?,28?;/m0./s1. The SMILES string of the molecule is C[C@@H](COC(=O)N1C2CCC1CC(n1c(=O)[nH]c3ccccc31)C2)N(Cc1ccccc1)Cc1ccccc1.S. The van der Waals surface area contributed by atoms with E-state index < -0.39 is 0 Å². The third-order valence-electron chi connectivity index (χ3n) is 8.44. The molecule has 210 valence electrons. The van der Waals surface area contributed by atoms with Gasteiger partial charge in [0.15, 0.2) is 0 Å². The van der Waals surface area contributed by atoms with E-state index in [1.807, 2.05) is 45.9 Å². The van der Waals surface area contributed by atoms with Crippen LogP contribution in [0.1, 0.15) is 49.8 Å². The number of nitrogens with one attached hydrogen (secondary N) is 1. The molecular formula is C32H38N4O3S. The lowest BCUT2D eigenvalue weighted by atomic mass is 9.97. The van der Waals surface area contributed by atoms with Crippen molar-refractivity contribution in [1.82, 2.24) is 19.4 Å². The van der Waals surface area contributed by atoms with Gasteiger partial charge in [-0.2, -0.15) is 13.5 Å². The maximum atomic E-state index is 13.4. The summed E-state index contributed by atoms with van der Waals surface area (Å²) < 4.78 is 7.87. The number of rotatable bonds is 8. The summed E-state index contributed by atoms with van der Waals surface area (Å²) in [6, 6.07) is 29.0. The summed E-state index contributed by atoms with van der Waals surface area (Å²) in [4.78, 5) is 33.5. The molecule has 2 saturated heterocycles. The second-order valence-corrected chi connectivity index (χ2v) is 11.0. The lowest BCUT2D eigenvalue weighted by Crippen LogP contribution is -2.48. The van der Waals surface area contributed by atoms with Crippen LogP contribution in [0, 0.1) is 0 Å². The van der Waals surface area contributed by atoms with Gasteiger partial charge in [0.05, 0.1) is 11.0 Å². The molecule has 6 rings (SSSR count). The molecule has 2 bridgehead atoms. The zero-order valence-electron chi connectivity index (χ0n) is 22.9. The number of para-hydroxylation sites is 2. The summed E-state index contributed by atoms with van der Waals surface area (Å²) >= 11 is 0. The van der Waals surface area contributed by atoms with E-state index in [0.29, 0.717) is 6.61 Å². The van der Waals surface area contributed by atoms with E-state index in [1.165, 1.54) is 11.1 Å². The summed E-state index contributed by atoms with van der Waals surface area (Å²) in [5, 5.41) is 0. The zero-order chi connectivity index (χ0) is 26.8. The Morgan fingerprint density at radius 1 is 0.875 bits per heavy atom. The minimum Gasteiger partial charge on any atom is -0.448 e. The van der Waals surface area contributed by atoms with Gasteiger partial charge in [-0.25, -0.2) is 9.59 Å². The first-order valence-electron chi connectivity index (χ1n) is 14.0. The van der Waals surface area contributed by atoms with Crippen molar-refractivity contribution >= 4 is 30.6 Å². The average Bonchev–Trinajstić information content (AvgIpc) is 3.44. The number of ether oxygens (including phenoxy) is 1. The molecule has 40 heavy (non-hydrogen) atoms. The van der Waals surface area contributed by atoms with E-state index in [2.05, 4.69) is 65.3 Å². The molecule has 4 aromatic rings. The van der Waals surface area contributed by atoms with E-state index in [-0.39, 0.29) is 49.4 Å². The minimum atomic E-state index is -0.224. The Morgan fingerprint density at radius 3 is 2.02 bits per heavy atom. The average molecular weight is 559 g/mol. The molecule has 0 spiro atoms. The first-order valence-corrected chi connectivity index (χ1v) is 14.0. The molecule has 7 nitrogen and oxygen atoms in total. The number of imidazole rings is 1. The van der Waals surface area contributed by atoms with Crippen LogP contribution in [0.4, 0.5) is 4.79 Å².